The van der Waals surface area contributed by atoms with Crippen molar-refractivity contribution >= 4 is 33.7 Å². The van der Waals surface area contributed by atoms with Crippen LogP contribution in [0.25, 0.3) is 44.8 Å². The minimum Gasteiger partial charge on any atom is -0.192 e. The molecule has 1 nitrogen and oxygen atoms in total. The zero-order valence-corrected chi connectivity index (χ0v) is 19.2. The van der Waals surface area contributed by atoms with E-state index in [1.807, 2.05) is 24.3 Å². The summed E-state index contributed by atoms with van der Waals surface area (Å²) < 4.78 is 0. The molecule has 0 fully saturated rings. The summed E-state index contributed by atoms with van der Waals surface area (Å²) in [6, 6.07) is 31.9. The number of fused-ring (bicyclic) bond motifs is 2. The highest BCUT2D eigenvalue weighted by Crippen LogP contribution is 2.42. The smallest absolute Gasteiger partial charge is 0.0991 e. The fraction of sp³-hybridized carbons (Fsp3) is 0.0938. The molecule has 5 aromatic rings. The SMILES string of the molecule is Cc1cc(C)c(-c2c3ccccc3c(/C=C/c3ccc(C#N)cc3)c3ccccc23)c(C)c1. The van der Waals surface area contributed by atoms with E-state index in [0.717, 1.165) is 5.56 Å². The maximum atomic E-state index is 9.08. The first-order valence-electron chi connectivity index (χ1n) is 11.3. The van der Waals surface area contributed by atoms with Crippen LogP contribution < -0.4 is 0 Å². The molecule has 0 amide bonds. The number of hydrogen-bond donors (Lipinski definition) is 0. The van der Waals surface area contributed by atoms with Crippen molar-refractivity contribution in [3.05, 3.63) is 118 Å². The third kappa shape index (κ3) is 3.71. The van der Waals surface area contributed by atoms with Crippen LogP contribution in [0.1, 0.15) is 33.4 Å². The summed E-state index contributed by atoms with van der Waals surface area (Å²) >= 11 is 0. The van der Waals surface area contributed by atoms with Gasteiger partial charge in [0.1, 0.15) is 0 Å². The van der Waals surface area contributed by atoms with Gasteiger partial charge in [-0.2, -0.15) is 5.26 Å². The molecule has 0 aliphatic rings. The average molecular weight is 424 g/mol. The fourth-order valence-electron chi connectivity index (χ4n) is 5.03. The highest BCUT2D eigenvalue weighted by Gasteiger charge is 2.17. The van der Waals surface area contributed by atoms with Crippen molar-refractivity contribution in [2.75, 3.05) is 0 Å². The third-order valence-electron chi connectivity index (χ3n) is 6.38. The Labute approximate surface area is 195 Å². The van der Waals surface area contributed by atoms with Crippen LogP contribution >= 0.6 is 0 Å². The Bertz CT molecular complexity index is 1500. The van der Waals surface area contributed by atoms with Crippen LogP contribution in [-0.2, 0) is 0 Å². The minimum atomic E-state index is 0.677. The van der Waals surface area contributed by atoms with Crippen LogP contribution in [0.3, 0.4) is 0 Å². The van der Waals surface area contributed by atoms with Gasteiger partial charge in [0.15, 0.2) is 0 Å². The summed E-state index contributed by atoms with van der Waals surface area (Å²) in [5.41, 5.74) is 9.53. The van der Waals surface area contributed by atoms with E-state index in [2.05, 4.69) is 99.7 Å². The number of hydrogen-bond acceptors (Lipinski definition) is 1. The molecule has 0 N–H and O–H groups in total. The predicted molar refractivity (Wildman–Crippen MR) is 141 cm³/mol. The molecule has 158 valence electrons. The molecule has 0 aliphatic carbocycles. The zero-order valence-electron chi connectivity index (χ0n) is 19.2. The van der Waals surface area contributed by atoms with Crippen LogP contribution in [0.4, 0.5) is 0 Å². The average Bonchev–Trinajstić information content (AvgIpc) is 2.83. The van der Waals surface area contributed by atoms with Gasteiger partial charge in [0.05, 0.1) is 11.6 Å². The van der Waals surface area contributed by atoms with E-state index in [1.54, 1.807) is 0 Å². The molecule has 0 saturated heterocycles. The van der Waals surface area contributed by atoms with Crippen molar-refractivity contribution in [1.29, 1.82) is 5.26 Å². The second-order valence-electron chi connectivity index (χ2n) is 8.72. The van der Waals surface area contributed by atoms with Crippen molar-refractivity contribution < 1.29 is 0 Å². The second-order valence-corrected chi connectivity index (χ2v) is 8.72. The molecule has 0 radical (unpaired) electrons. The molecular formula is C32H25N. The lowest BCUT2D eigenvalue weighted by molar-refractivity contribution is 1.33. The largest absolute Gasteiger partial charge is 0.192 e. The van der Waals surface area contributed by atoms with E-state index in [4.69, 9.17) is 5.26 Å². The van der Waals surface area contributed by atoms with Crippen LogP contribution in [0.15, 0.2) is 84.9 Å². The van der Waals surface area contributed by atoms with Gasteiger partial charge in [-0.05, 0) is 87.8 Å². The molecular weight excluding hydrogens is 398 g/mol. The first-order chi connectivity index (χ1) is 16.1. The summed E-state index contributed by atoms with van der Waals surface area (Å²) in [7, 11) is 0. The molecule has 1 heteroatoms. The number of nitriles is 1. The van der Waals surface area contributed by atoms with Crippen LogP contribution in [0, 0.1) is 32.1 Å². The lowest BCUT2D eigenvalue weighted by Gasteiger charge is -2.19. The first-order valence-corrected chi connectivity index (χ1v) is 11.3. The third-order valence-corrected chi connectivity index (χ3v) is 6.38. The Morgan fingerprint density at radius 1 is 0.606 bits per heavy atom. The molecule has 0 heterocycles. The van der Waals surface area contributed by atoms with Crippen molar-refractivity contribution in [1.82, 2.24) is 0 Å². The van der Waals surface area contributed by atoms with Gasteiger partial charge in [0.25, 0.3) is 0 Å². The summed E-state index contributed by atoms with van der Waals surface area (Å²) in [6.45, 7) is 6.60. The van der Waals surface area contributed by atoms with Gasteiger partial charge in [0.2, 0.25) is 0 Å². The normalized spacial score (nSPS) is 11.3. The maximum absolute atomic E-state index is 9.08. The topological polar surface area (TPSA) is 23.8 Å². The molecule has 0 aromatic heterocycles. The van der Waals surface area contributed by atoms with Gasteiger partial charge in [-0.1, -0.05) is 90.5 Å². The molecule has 0 aliphatic heterocycles. The van der Waals surface area contributed by atoms with Crippen molar-refractivity contribution in [3.8, 4) is 17.2 Å². The van der Waals surface area contributed by atoms with E-state index < -0.39 is 0 Å². The van der Waals surface area contributed by atoms with E-state index in [-0.39, 0.29) is 0 Å². The van der Waals surface area contributed by atoms with Crippen LogP contribution in [0.5, 0.6) is 0 Å². The lowest BCUT2D eigenvalue weighted by atomic mass is 9.84. The van der Waals surface area contributed by atoms with E-state index in [0.29, 0.717) is 5.56 Å². The quantitative estimate of drug-likeness (QED) is 0.210. The number of nitrogens with zero attached hydrogens (tertiary/aromatic N) is 1. The van der Waals surface area contributed by atoms with Gasteiger partial charge in [-0.15, -0.1) is 0 Å². The number of rotatable bonds is 3. The van der Waals surface area contributed by atoms with Gasteiger partial charge in [0, 0.05) is 0 Å². The first kappa shape index (κ1) is 20.7. The van der Waals surface area contributed by atoms with E-state index >= 15 is 0 Å². The molecule has 0 spiro atoms. The van der Waals surface area contributed by atoms with E-state index in [9.17, 15) is 0 Å². The zero-order chi connectivity index (χ0) is 22.9. The molecule has 5 rings (SSSR count). The molecule has 0 atom stereocenters. The lowest BCUT2D eigenvalue weighted by Crippen LogP contribution is -1.95. The monoisotopic (exact) mass is 423 g/mol. The molecule has 33 heavy (non-hydrogen) atoms. The van der Waals surface area contributed by atoms with Gasteiger partial charge in [-0.25, -0.2) is 0 Å². The fourth-order valence-corrected chi connectivity index (χ4v) is 5.03. The van der Waals surface area contributed by atoms with Crippen molar-refractivity contribution in [3.63, 3.8) is 0 Å². The Kier molecular flexibility index (Phi) is 5.29. The van der Waals surface area contributed by atoms with Crippen LogP contribution in [-0.4, -0.2) is 0 Å². The Morgan fingerprint density at radius 3 is 1.64 bits per heavy atom. The van der Waals surface area contributed by atoms with Gasteiger partial charge >= 0.3 is 0 Å². The summed E-state index contributed by atoms with van der Waals surface area (Å²) in [5.74, 6) is 0. The standard InChI is InChI=1S/C32H25N/c1-21-18-22(2)31(23(3)19-21)32-29-10-6-4-8-26(29)28(27-9-5-7-11-30(27)32)17-16-24-12-14-25(20-33)15-13-24/h4-19H,1-3H3/b17-16+. The second kappa shape index (κ2) is 8.41. The van der Waals surface area contributed by atoms with E-state index in [1.165, 1.54) is 54.9 Å². The summed E-state index contributed by atoms with van der Waals surface area (Å²) in [5, 5.41) is 14.1. The minimum absolute atomic E-state index is 0.677. The number of aryl methyl sites for hydroxylation is 3. The van der Waals surface area contributed by atoms with Crippen LogP contribution in [0.2, 0.25) is 0 Å². The van der Waals surface area contributed by atoms with Gasteiger partial charge < -0.3 is 0 Å². The molecule has 0 unspecified atom stereocenters. The Hall–Kier alpha value is -4.15. The molecule has 5 aromatic carbocycles. The highest BCUT2D eigenvalue weighted by molar-refractivity contribution is 6.18. The summed E-state index contributed by atoms with van der Waals surface area (Å²) in [4.78, 5) is 0. The van der Waals surface area contributed by atoms with Crippen molar-refractivity contribution in [2.45, 2.75) is 20.8 Å². The molecule has 0 bridgehead atoms. The Balaban J connectivity index is 1.82. The maximum Gasteiger partial charge on any atom is 0.0991 e. The van der Waals surface area contributed by atoms with Crippen molar-refractivity contribution in [2.24, 2.45) is 0 Å². The highest BCUT2D eigenvalue weighted by atomic mass is 14.2. The van der Waals surface area contributed by atoms with Gasteiger partial charge in [-0.3, -0.25) is 0 Å². The Morgan fingerprint density at radius 2 is 1.12 bits per heavy atom. The predicted octanol–water partition coefficient (Wildman–Crippen LogP) is 8.63. The number of benzene rings is 5. The molecule has 0 saturated carbocycles. The summed E-state index contributed by atoms with van der Waals surface area (Å²) in [6.07, 6.45) is 4.35.